The zero-order valence-electron chi connectivity index (χ0n) is 19.2. The monoisotopic (exact) mass is 450 g/mol. The third-order valence-corrected chi connectivity index (χ3v) is 7.10. The van der Waals surface area contributed by atoms with E-state index in [1.54, 1.807) is 12.1 Å². The van der Waals surface area contributed by atoms with Crippen LogP contribution in [0.2, 0.25) is 0 Å². The highest BCUT2D eigenvalue weighted by Gasteiger charge is 2.33. The van der Waals surface area contributed by atoms with Crippen LogP contribution in [0.5, 0.6) is 0 Å². The van der Waals surface area contributed by atoms with Crippen molar-refractivity contribution in [2.45, 2.75) is 64.5 Å². The van der Waals surface area contributed by atoms with Crippen molar-refractivity contribution < 1.29 is 9.18 Å². The molecule has 2 aliphatic rings. The average molecular weight is 451 g/mol. The van der Waals surface area contributed by atoms with E-state index in [2.05, 4.69) is 34.0 Å². The van der Waals surface area contributed by atoms with Crippen LogP contribution in [0.3, 0.4) is 0 Å². The van der Waals surface area contributed by atoms with Crippen LogP contribution in [0.1, 0.15) is 57.9 Å². The summed E-state index contributed by atoms with van der Waals surface area (Å²) in [5.74, 6) is 0.608. The number of nitrogens with one attached hydrogen (secondary N) is 1. The Labute approximate surface area is 194 Å². The van der Waals surface area contributed by atoms with E-state index in [1.807, 2.05) is 6.07 Å². The molecule has 7 nitrogen and oxygen atoms in total. The lowest BCUT2D eigenvalue weighted by molar-refractivity contribution is -0.126. The fourth-order valence-electron chi connectivity index (χ4n) is 4.98. The van der Waals surface area contributed by atoms with Crippen molar-refractivity contribution in [1.82, 2.24) is 15.3 Å². The van der Waals surface area contributed by atoms with Gasteiger partial charge in [0.25, 0.3) is 0 Å². The van der Waals surface area contributed by atoms with E-state index in [4.69, 9.17) is 11.0 Å². The van der Waals surface area contributed by atoms with E-state index in [1.165, 1.54) is 25.0 Å². The van der Waals surface area contributed by atoms with E-state index in [0.717, 1.165) is 25.7 Å². The second-order valence-corrected chi connectivity index (χ2v) is 9.43. The predicted molar refractivity (Wildman–Crippen MR) is 126 cm³/mol. The van der Waals surface area contributed by atoms with Gasteiger partial charge in [0, 0.05) is 30.3 Å². The number of carbonyl (C=O) groups is 1. The number of amides is 1. The van der Waals surface area contributed by atoms with Crippen LogP contribution in [-0.2, 0) is 4.79 Å². The second-order valence-electron chi connectivity index (χ2n) is 9.43. The van der Waals surface area contributed by atoms with Crippen molar-refractivity contribution in [3.05, 3.63) is 35.6 Å². The minimum atomic E-state index is -0.603. The lowest BCUT2D eigenvalue weighted by Crippen LogP contribution is -2.50. The number of hydrogen-bond donors (Lipinski definition) is 2. The first-order valence-electron chi connectivity index (χ1n) is 11.8. The number of carbonyl (C=O) groups excluding carboxylic acids is 1. The normalized spacial score (nSPS) is 25.3. The number of nitrogens with zero attached hydrogens (tertiary/aromatic N) is 4. The summed E-state index contributed by atoms with van der Waals surface area (Å²) >= 11 is 0. The predicted octanol–water partition coefficient (Wildman–Crippen LogP) is 4.04. The van der Waals surface area contributed by atoms with Gasteiger partial charge in [0.2, 0.25) is 11.9 Å². The lowest BCUT2D eigenvalue weighted by Gasteiger charge is -2.39. The van der Waals surface area contributed by atoms with Crippen molar-refractivity contribution >= 4 is 17.7 Å². The molecule has 2 fully saturated rings. The molecule has 1 aliphatic heterocycles. The first kappa shape index (κ1) is 23.0. The molecule has 1 aromatic heterocycles. The average Bonchev–Trinajstić information content (AvgIpc) is 2.80. The van der Waals surface area contributed by atoms with Gasteiger partial charge in [-0.3, -0.25) is 4.79 Å². The van der Waals surface area contributed by atoms with Crippen LogP contribution < -0.4 is 16.0 Å². The van der Waals surface area contributed by atoms with Gasteiger partial charge in [-0.2, -0.15) is 10.2 Å². The molecule has 4 unspecified atom stereocenters. The summed E-state index contributed by atoms with van der Waals surface area (Å²) in [6, 6.07) is 8.40. The number of piperidine rings is 1. The number of aromatic nitrogens is 2. The molecule has 174 valence electrons. The summed E-state index contributed by atoms with van der Waals surface area (Å²) in [5, 5.41) is 12.3. The molecule has 0 radical (unpaired) electrons. The van der Waals surface area contributed by atoms with Gasteiger partial charge in [-0.25, -0.2) is 9.37 Å². The Morgan fingerprint density at radius 1 is 1.18 bits per heavy atom. The Balaban J connectivity index is 1.54. The summed E-state index contributed by atoms with van der Waals surface area (Å²) in [6.07, 6.45) is 6.32. The fraction of sp³-hybridized carbons (Fsp3) is 0.520. The molecular weight excluding hydrogens is 419 g/mol. The van der Waals surface area contributed by atoms with Crippen LogP contribution >= 0.6 is 0 Å². The van der Waals surface area contributed by atoms with Gasteiger partial charge in [0.1, 0.15) is 17.7 Å². The molecular formula is C25H31FN6O. The molecule has 0 bridgehead atoms. The lowest BCUT2D eigenvalue weighted by atomic mass is 9.85. The van der Waals surface area contributed by atoms with E-state index >= 15 is 0 Å². The first-order valence-corrected chi connectivity index (χ1v) is 11.8. The third-order valence-electron chi connectivity index (χ3n) is 7.10. The van der Waals surface area contributed by atoms with E-state index in [-0.39, 0.29) is 35.4 Å². The maximum absolute atomic E-state index is 14.2. The summed E-state index contributed by atoms with van der Waals surface area (Å²) in [4.78, 5) is 23.9. The van der Waals surface area contributed by atoms with Crippen LogP contribution in [0.25, 0.3) is 11.3 Å². The molecule has 1 aliphatic carbocycles. The van der Waals surface area contributed by atoms with Gasteiger partial charge in [-0.05, 0) is 50.7 Å². The number of rotatable bonds is 4. The Morgan fingerprint density at radius 3 is 2.70 bits per heavy atom. The van der Waals surface area contributed by atoms with Gasteiger partial charge >= 0.3 is 0 Å². The van der Waals surface area contributed by atoms with Crippen molar-refractivity contribution in [3.8, 4) is 17.3 Å². The highest BCUT2D eigenvalue weighted by molar-refractivity contribution is 5.80. The molecule has 8 heteroatoms. The zero-order chi connectivity index (χ0) is 23.5. The Bertz CT molecular complexity index is 1070. The first-order chi connectivity index (χ1) is 15.9. The van der Waals surface area contributed by atoms with Crippen LogP contribution in [0.4, 0.5) is 16.2 Å². The molecule has 0 spiro atoms. The molecule has 1 saturated carbocycles. The third kappa shape index (κ3) is 5.08. The van der Waals surface area contributed by atoms with E-state index in [0.29, 0.717) is 29.5 Å². The van der Waals surface area contributed by atoms with Crippen molar-refractivity contribution in [1.29, 1.82) is 5.26 Å². The fourth-order valence-corrected chi connectivity index (χ4v) is 4.98. The smallest absolute Gasteiger partial charge is 0.225 e. The largest absolute Gasteiger partial charge is 0.368 e. The highest BCUT2D eigenvalue weighted by Crippen LogP contribution is 2.31. The summed E-state index contributed by atoms with van der Waals surface area (Å²) in [7, 11) is 0. The standard InChI is InChI=1S/C25H31FN6O/c1-15-5-3-4-6-21(15)29-24(33)19-8-7-16(2)32(14-19)23-12-22(30-25(28)31-23)17-9-10-18(13-27)20(26)11-17/h9-12,15-16,19,21H,3-8,14H2,1-2H3,(H,29,33)(H2,28,30,31). The molecule has 4 atom stereocenters. The van der Waals surface area contributed by atoms with Crippen molar-refractivity contribution in [3.63, 3.8) is 0 Å². The SMILES string of the molecule is CC1CCCCC1NC(=O)C1CCC(C)N(c2cc(-c3ccc(C#N)c(F)c3)nc(N)n2)C1. The molecule has 1 amide bonds. The van der Waals surface area contributed by atoms with Gasteiger partial charge in [0.05, 0.1) is 17.2 Å². The molecule has 2 heterocycles. The van der Waals surface area contributed by atoms with Crippen molar-refractivity contribution in [2.24, 2.45) is 11.8 Å². The maximum atomic E-state index is 14.2. The molecule has 2 aromatic rings. The quantitative estimate of drug-likeness (QED) is 0.728. The minimum absolute atomic E-state index is 0.0215. The second kappa shape index (κ2) is 9.74. The molecule has 33 heavy (non-hydrogen) atoms. The number of nitrogen functional groups attached to an aromatic ring is 1. The van der Waals surface area contributed by atoms with E-state index < -0.39 is 5.82 Å². The van der Waals surface area contributed by atoms with Gasteiger partial charge in [-0.15, -0.1) is 0 Å². The number of halogens is 1. The van der Waals surface area contributed by atoms with Gasteiger partial charge in [-0.1, -0.05) is 25.8 Å². The molecule has 1 aromatic carbocycles. The van der Waals surface area contributed by atoms with Crippen LogP contribution in [0.15, 0.2) is 24.3 Å². The Hall–Kier alpha value is -3.21. The molecule has 1 saturated heterocycles. The Morgan fingerprint density at radius 2 is 1.97 bits per heavy atom. The molecule has 3 N–H and O–H groups in total. The zero-order valence-corrected chi connectivity index (χ0v) is 19.2. The summed E-state index contributed by atoms with van der Waals surface area (Å²) in [6.45, 7) is 4.87. The topological polar surface area (TPSA) is 108 Å². The van der Waals surface area contributed by atoms with Crippen LogP contribution in [-0.4, -0.2) is 34.5 Å². The number of benzene rings is 1. The highest BCUT2D eigenvalue weighted by atomic mass is 19.1. The number of nitriles is 1. The summed E-state index contributed by atoms with van der Waals surface area (Å²) < 4.78 is 14.2. The van der Waals surface area contributed by atoms with E-state index in [9.17, 15) is 9.18 Å². The maximum Gasteiger partial charge on any atom is 0.225 e. The number of nitrogens with two attached hydrogens (primary N) is 1. The number of anilines is 2. The van der Waals surface area contributed by atoms with Crippen molar-refractivity contribution in [2.75, 3.05) is 17.2 Å². The Kier molecular flexibility index (Phi) is 6.77. The van der Waals surface area contributed by atoms with Crippen LogP contribution in [0, 0.1) is 29.0 Å². The molecule has 4 rings (SSSR count). The minimum Gasteiger partial charge on any atom is -0.368 e. The van der Waals surface area contributed by atoms with Gasteiger partial charge in [0.15, 0.2) is 0 Å². The number of hydrogen-bond acceptors (Lipinski definition) is 6. The summed E-state index contributed by atoms with van der Waals surface area (Å²) in [5.41, 5.74) is 6.98. The van der Waals surface area contributed by atoms with Gasteiger partial charge < -0.3 is 16.0 Å².